The molecule has 0 spiro atoms. The first-order valence-electron chi connectivity index (χ1n) is 10.2. The molecule has 0 radical (unpaired) electrons. The number of benzene rings is 2. The van der Waals surface area contributed by atoms with Crippen LogP contribution < -0.4 is 10.6 Å². The number of aromatic nitrogens is 3. The summed E-state index contributed by atoms with van der Waals surface area (Å²) in [5.74, 6) is -0.351. The minimum Gasteiger partial charge on any atom is -0.326 e. The van der Waals surface area contributed by atoms with Gasteiger partial charge in [0.25, 0.3) is 5.91 Å². The molecular weight excluding hydrogens is 422 g/mol. The molecule has 4 rings (SSSR count). The summed E-state index contributed by atoms with van der Waals surface area (Å²) in [6.45, 7) is 5.51. The van der Waals surface area contributed by atoms with E-state index in [4.69, 9.17) is 0 Å². The van der Waals surface area contributed by atoms with Gasteiger partial charge >= 0.3 is 0 Å². The molecule has 4 aromatic rings. The van der Waals surface area contributed by atoms with Crippen molar-refractivity contribution in [3.8, 4) is 16.9 Å². The molecule has 8 heteroatoms. The Bertz CT molecular complexity index is 1260. The van der Waals surface area contributed by atoms with Crippen molar-refractivity contribution in [2.24, 2.45) is 0 Å². The summed E-state index contributed by atoms with van der Waals surface area (Å²) >= 11 is 1.36. The van der Waals surface area contributed by atoms with Gasteiger partial charge in [0.1, 0.15) is 0 Å². The zero-order valence-electron chi connectivity index (χ0n) is 18.0. The fourth-order valence-electron chi connectivity index (χ4n) is 3.37. The molecule has 2 N–H and O–H groups in total. The van der Waals surface area contributed by atoms with Crippen LogP contribution in [-0.2, 0) is 11.2 Å². The van der Waals surface area contributed by atoms with Crippen LogP contribution >= 0.6 is 11.3 Å². The van der Waals surface area contributed by atoms with E-state index in [1.807, 2.05) is 67.8 Å². The van der Waals surface area contributed by atoms with E-state index in [1.165, 1.54) is 23.8 Å². The molecule has 2 aromatic carbocycles. The molecule has 0 bridgehead atoms. The monoisotopic (exact) mass is 445 g/mol. The largest absolute Gasteiger partial charge is 0.326 e. The van der Waals surface area contributed by atoms with E-state index in [0.29, 0.717) is 17.1 Å². The molecule has 0 atom stereocenters. The number of thiazole rings is 1. The minimum absolute atomic E-state index is 0.117. The maximum absolute atomic E-state index is 12.9. The second kappa shape index (κ2) is 9.15. The summed E-state index contributed by atoms with van der Waals surface area (Å²) in [6, 6.07) is 15.4. The van der Waals surface area contributed by atoms with Crippen molar-refractivity contribution in [1.29, 1.82) is 0 Å². The number of amides is 2. The van der Waals surface area contributed by atoms with Crippen LogP contribution in [0.3, 0.4) is 0 Å². The van der Waals surface area contributed by atoms with Crippen molar-refractivity contribution in [2.45, 2.75) is 27.2 Å². The Morgan fingerprint density at radius 1 is 1.03 bits per heavy atom. The number of rotatable bonds is 6. The molecule has 0 fully saturated rings. The number of anilines is 2. The molecule has 2 aromatic heterocycles. The molecule has 7 nitrogen and oxygen atoms in total. The highest BCUT2D eigenvalue weighted by Crippen LogP contribution is 2.27. The normalized spacial score (nSPS) is 10.7. The van der Waals surface area contributed by atoms with Crippen LogP contribution in [0.4, 0.5) is 10.8 Å². The first-order chi connectivity index (χ1) is 15.4. The number of nitrogens with one attached hydrogen (secondary N) is 2. The van der Waals surface area contributed by atoms with E-state index in [2.05, 4.69) is 20.7 Å². The predicted molar refractivity (Wildman–Crippen MR) is 127 cm³/mol. The number of aryl methyl sites for hydroxylation is 1. The Morgan fingerprint density at radius 2 is 1.75 bits per heavy atom. The third kappa shape index (κ3) is 4.60. The molecule has 2 amide bonds. The maximum Gasteiger partial charge on any atom is 0.260 e. The molecule has 0 unspecified atom stereocenters. The van der Waals surface area contributed by atoms with Gasteiger partial charge in [-0.3, -0.25) is 14.9 Å². The summed E-state index contributed by atoms with van der Waals surface area (Å²) < 4.78 is 1.80. The lowest BCUT2D eigenvalue weighted by molar-refractivity contribution is -0.114. The fourth-order valence-corrected chi connectivity index (χ4v) is 4.08. The predicted octanol–water partition coefficient (Wildman–Crippen LogP) is 5.08. The summed E-state index contributed by atoms with van der Waals surface area (Å²) in [7, 11) is 0. The Labute approximate surface area is 190 Å². The van der Waals surface area contributed by atoms with E-state index in [-0.39, 0.29) is 11.8 Å². The lowest BCUT2D eigenvalue weighted by Gasteiger charge is -2.08. The number of hydrogen-bond acceptors (Lipinski definition) is 5. The first-order valence-corrected chi connectivity index (χ1v) is 11.1. The first kappa shape index (κ1) is 21.5. The third-order valence-corrected chi connectivity index (χ3v) is 5.71. The van der Waals surface area contributed by atoms with E-state index in [9.17, 15) is 9.59 Å². The van der Waals surface area contributed by atoms with Crippen molar-refractivity contribution in [3.05, 3.63) is 76.9 Å². The van der Waals surface area contributed by atoms with Gasteiger partial charge in [-0.15, -0.1) is 11.3 Å². The van der Waals surface area contributed by atoms with Gasteiger partial charge in [-0.1, -0.05) is 36.8 Å². The molecule has 162 valence electrons. The van der Waals surface area contributed by atoms with Crippen molar-refractivity contribution < 1.29 is 9.59 Å². The minimum atomic E-state index is -0.234. The molecule has 32 heavy (non-hydrogen) atoms. The maximum atomic E-state index is 12.9. The van der Waals surface area contributed by atoms with Crippen LogP contribution in [0.15, 0.2) is 60.1 Å². The molecule has 0 aliphatic rings. The smallest absolute Gasteiger partial charge is 0.260 e. The van der Waals surface area contributed by atoms with Crippen molar-refractivity contribution in [3.63, 3.8) is 0 Å². The van der Waals surface area contributed by atoms with E-state index < -0.39 is 0 Å². The SMILES string of the molecule is CCc1c(C(=O)Nc2nc(-c3ccc(NC(C)=O)cc3)cs2)cnn1-c1ccc(C)cc1. The van der Waals surface area contributed by atoms with Crippen LogP contribution in [0.2, 0.25) is 0 Å². The highest BCUT2D eigenvalue weighted by molar-refractivity contribution is 7.14. The van der Waals surface area contributed by atoms with Gasteiger partial charge in [-0.2, -0.15) is 5.10 Å². The molecule has 2 heterocycles. The fraction of sp³-hybridized carbons (Fsp3) is 0.167. The van der Waals surface area contributed by atoms with Crippen LogP contribution in [0.1, 0.15) is 35.5 Å². The molecular formula is C24H23N5O2S. The van der Waals surface area contributed by atoms with Crippen LogP contribution in [-0.4, -0.2) is 26.6 Å². The lowest BCUT2D eigenvalue weighted by atomic mass is 10.1. The van der Waals surface area contributed by atoms with E-state index >= 15 is 0 Å². The molecule has 0 aliphatic heterocycles. The Morgan fingerprint density at radius 3 is 2.41 bits per heavy atom. The number of carbonyl (C=O) groups is 2. The Hall–Kier alpha value is -3.78. The zero-order chi connectivity index (χ0) is 22.7. The van der Waals surface area contributed by atoms with Gasteiger partial charge in [0.05, 0.1) is 28.8 Å². The lowest BCUT2D eigenvalue weighted by Crippen LogP contribution is -2.14. The highest BCUT2D eigenvalue weighted by atomic mass is 32.1. The molecule has 0 saturated carbocycles. The van der Waals surface area contributed by atoms with Crippen LogP contribution in [0.25, 0.3) is 16.9 Å². The average molecular weight is 446 g/mol. The van der Waals surface area contributed by atoms with Crippen LogP contribution in [0.5, 0.6) is 0 Å². The Balaban J connectivity index is 1.51. The van der Waals surface area contributed by atoms with Crippen molar-refractivity contribution >= 4 is 34.0 Å². The summed E-state index contributed by atoms with van der Waals surface area (Å²) in [6.07, 6.45) is 2.27. The summed E-state index contributed by atoms with van der Waals surface area (Å²) in [5, 5.41) is 12.5. The molecule has 0 saturated heterocycles. The van der Waals surface area contributed by atoms with Gasteiger partial charge in [-0.05, 0) is 37.6 Å². The van der Waals surface area contributed by atoms with Crippen molar-refractivity contribution in [1.82, 2.24) is 14.8 Å². The standard InChI is InChI=1S/C24H23N5O2S/c1-4-22-20(13-25-29(22)19-11-5-15(2)6-12-19)23(31)28-24-27-21(14-32-24)17-7-9-18(10-8-17)26-16(3)30/h5-14H,4H2,1-3H3,(H,26,30)(H,27,28,31). The van der Waals surface area contributed by atoms with Gasteiger partial charge in [0, 0.05) is 23.6 Å². The summed E-state index contributed by atoms with van der Waals surface area (Å²) in [4.78, 5) is 28.7. The quantitative estimate of drug-likeness (QED) is 0.433. The van der Waals surface area contributed by atoms with E-state index in [1.54, 1.807) is 10.9 Å². The number of nitrogens with zero attached hydrogens (tertiary/aromatic N) is 3. The van der Waals surface area contributed by atoms with Gasteiger partial charge in [0.15, 0.2) is 5.13 Å². The number of carbonyl (C=O) groups excluding carboxylic acids is 2. The highest BCUT2D eigenvalue weighted by Gasteiger charge is 2.18. The molecule has 0 aliphatic carbocycles. The summed E-state index contributed by atoms with van der Waals surface area (Å²) in [5.41, 5.74) is 5.85. The average Bonchev–Trinajstić information content (AvgIpc) is 3.41. The zero-order valence-corrected chi connectivity index (χ0v) is 18.9. The second-order valence-corrected chi connectivity index (χ2v) is 8.21. The third-order valence-electron chi connectivity index (χ3n) is 4.95. The van der Waals surface area contributed by atoms with Crippen molar-refractivity contribution in [2.75, 3.05) is 10.6 Å². The van der Waals surface area contributed by atoms with Gasteiger partial charge in [0.2, 0.25) is 5.91 Å². The van der Waals surface area contributed by atoms with Gasteiger partial charge in [-0.25, -0.2) is 9.67 Å². The Kier molecular flexibility index (Phi) is 6.13. The van der Waals surface area contributed by atoms with Gasteiger partial charge < -0.3 is 5.32 Å². The topological polar surface area (TPSA) is 88.9 Å². The van der Waals surface area contributed by atoms with Crippen LogP contribution in [0, 0.1) is 6.92 Å². The second-order valence-electron chi connectivity index (χ2n) is 7.36. The number of hydrogen-bond donors (Lipinski definition) is 2. The van der Waals surface area contributed by atoms with E-state index in [0.717, 1.165) is 28.3 Å².